The SMILES string of the molecule is CCN1CCN(CCCN2CC3(CCN(c4ncccc4F)CC3)OC2=O)CC1. The standard InChI is InChI=1S/C21H32FN5O2/c1-2-24-13-15-25(16-14-24)9-4-10-27-17-21(29-20(27)28)6-11-26(12-7-21)19-18(22)5-3-8-23-19/h3,5,8H,2,4,6-7,9-17H2,1H3. The first kappa shape index (κ1) is 20.3. The minimum absolute atomic E-state index is 0.196. The van der Waals surface area contributed by atoms with Gasteiger partial charge in [0.2, 0.25) is 0 Å². The van der Waals surface area contributed by atoms with E-state index in [1.54, 1.807) is 12.3 Å². The van der Waals surface area contributed by atoms with E-state index < -0.39 is 5.60 Å². The summed E-state index contributed by atoms with van der Waals surface area (Å²) in [5, 5.41) is 0. The molecule has 1 spiro atoms. The van der Waals surface area contributed by atoms with Crippen LogP contribution < -0.4 is 4.90 Å². The lowest BCUT2D eigenvalue weighted by molar-refractivity contribution is 0.0364. The molecule has 0 N–H and O–H groups in total. The van der Waals surface area contributed by atoms with Gasteiger partial charge in [-0.05, 0) is 31.6 Å². The molecular weight excluding hydrogens is 373 g/mol. The molecule has 0 unspecified atom stereocenters. The van der Waals surface area contributed by atoms with Crippen molar-refractivity contribution in [3.8, 4) is 0 Å². The molecule has 3 fully saturated rings. The van der Waals surface area contributed by atoms with Gasteiger partial charge < -0.3 is 24.3 Å². The minimum Gasteiger partial charge on any atom is -0.441 e. The largest absolute Gasteiger partial charge is 0.441 e. The van der Waals surface area contributed by atoms with Gasteiger partial charge in [0.15, 0.2) is 11.6 Å². The number of aromatic nitrogens is 1. The zero-order chi connectivity index (χ0) is 20.3. The van der Waals surface area contributed by atoms with Gasteiger partial charge in [-0.1, -0.05) is 6.92 Å². The van der Waals surface area contributed by atoms with Crippen LogP contribution in [0.4, 0.5) is 15.0 Å². The van der Waals surface area contributed by atoms with Crippen LogP contribution in [0.1, 0.15) is 26.2 Å². The Balaban J connectivity index is 1.23. The number of pyridine rings is 1. The van der Waals surface area contributed by atoms with E-state index >= 15 is 0 Å². The molecule has 3 aliphatic rings. The van der Waals surface area contributed by atoms with Crippen molar-refractivity contribution in [1.29, 1.82) is 0 Å². The van der Waals surface area contributed by atoms with Gasteiger partial charge in [0, 0.05) is 64.9 Å². The van der Waals surface area contributed by atoms with Gasteiger partial charge in [0.05, 0.1) is 6.54 Å². The second-order valence-electron chi connectivity index (χ2n) is 8.40. The lowest BCUT2D eigenvalue weighted by atomic mass is 9.91. The number of hydrogen-bond donors (Lipinski definition) is 0. The highest BCUT2D eigenvalue weighted by molar-refractivity contribution is 5.70. The third-order valence-electron chi connectivity index (χ3n) is 6.57. The fraction of sp³-hybridized carbons (Fsp3) is 0.714. The van der Waals surface area contributed by atoms with E-state index in [1.165, 1.54) is 6.07 Å². The Morgan fingerprint density at radius 1 is 1.10 bits per heavy atom. The average molecular weight is 406 g/mol. The van der Waals surface area contributed by atoms with Gasteiger partial charge in [-0.3, -0.25) is 0 Å². The number of anilines is 1. The van der Waals surface area contributed by atoms with Gasteiger partial charge in [-0.15, -0.1) is 0 Å². The van der Waals surface area contributed by atoms with Gasteiger partial charge in [0.25, 0.3) is 0 Å². The van der Waals surface area contributed by atoms with Crippen molar-refractivity contribution in [2.45, 2.75) is 31.8 Å². The van der Waals surface area contributed by atoms with Crippen molar-refractivity contribution >= 4 is 11.9 Å². The summed E-state index contributed by atoms with van der Waals surface area (Å²) in [7, 11) is 0. The van der Waals surface area contributed by atoms with E-state index in [-0.39, 0.29) is 11.9 Å². The molecule has 3 saturated heterocycles. The number of ether oxygens (including phenoxy) is 1. The fourth-order valence-electron chi connectivity index (χ4n) is 4.68. The van der Waals surface area contributed by atoms with E-state index in [4.69, 9.17) is 4.74 Å². The van der Waals surface area contributed by atoms with Crippen molar-refractivity contribution in [1.82, 2.24) is 19.7 Å². The number of carbonyl (C=O) groups excluding carboxylic acids is 1. The number of nitrogens with zero attached hydrogens (tertiary/aromatic N) is 5. The summed E-state index contributed by atoms with van der Waals surface area (Å²) < 4.78 is 19.8. The Morgan fingerprint density at radius 3 is 2.52 bits per heavy atom. The van der Waals surface area contributed by atoms with Gasteiger partial charge in [0.1, 0.15) is 5.60 Å². The van der Waals surface area contributed by atoms with E-state index in [0.717, 1.165) is 52.2 Å². The first-order valence-corrected chi connectivity index (χ1v) is 10.9. The molecule has 3 aliphatic heterocycles. The molecule has 1 amide bonds. The molecule has 1 aromatic heterocycles. The molecule has 0 radical (unpaired) electrons. The van der Waals surface area contributed by atoms with Gasteiger partial charge in [-0.25, -0.2) is 14.2 Å². The molecule has 0 bridgehead atoms. The molecule has 0 aromatic carbocycles. The van der Waals surface area contributed by atoms with Crippen molar-refractivity contribution in [3.63, 3.8) is 0 Å². The van der Waals surface area contributed by atoms with Crippen LogP contribution in [0.2, 0.25) is 0 Å². The molecular formula is C21H32FN5O2. The van der Waals surface area contributed by atoms with Crippen molar-refractivity contribution in [2.75, 3.05) is 70.3 Å². The third-order valence-corrected chi connectivity index (χ3v) is 6.57. The molecule has 7 nitrogen and oxygen atoms in total. The number of hydrogen-bond acceptors (Lipinski definition) is 6. The fourth-order valence-corrected chi connectivity index (χ4v) is 4.68. The topological polar surface area (TPSA) is 52.1 Å². The summed E-state index contributed by atoms with van der Waals surface area (Å²) in [6.07, 6.45) is 3.82. The first-order valence-electron chi connectivity index (χ1n) is 10.9. The summed E-state index contributed by atoms with van der Waals surface area (Å²) in [6, 6.07) is 3.04. The maximum atomic E-state index is 14.0. The zero-order valence-corrected chi connectivity index (χ0v) is 17.4. The van der Waals surface area contributed by atoms with Crippen LogP contribution >= 0.6 is 0 Å². The van der Waals surface area contributed by atoms with Crippen LogP contribution in [0.5, 0.6) is 0 Å². The Bertz CT molecular complexity index is 702. The molecule has 29 heavy (non-hydrogen) atoms. The van der Waals surface area contributed by atoms with Gasteiger partial charge in [-0.2, -0.15) is 0 Å². The van der Waals surface area contributed by atoms with Crippen LogP contribution in [0.25, 0.3) is 0 Å². The average Bonchev–Trinajstić information content (AvgIpc) is 3.04. The minimum atomic E-state index is -0.425. The second-order valence-corrected chi connectivity index (χ2v) is 8.40. The van der Waals surface area contributed by atoms with E-state index in [1.807, 2.05) is 9.80 Å². The van der Waals surface area contributed by atoms with Gasteiger partial charge >= 0.3 is 6.09 Å². The number of halogens is 1. The predicted molar refractivity (Wildman–Crippen MR) is 110 cm³/mol. The summed E-state index contributed by atoms with van der Waals surface area (Å²) >= 11 is 0. The number of carbonyl (C=O) groups is 1. The smallest absolute Gasteiger partial charge is 0.410 e. The number of amides is 1. The summed E-state index contributed by atoms with van der Waals surface area (Å²) in [5.74, 6) is 0.0972. The van der Waals surface area contributed by atoms with Crippen molar-refractivity contribution in [3.05, 3.63) is 24.1 Å². The van der Waals surface area contributed by atoms with E-state index in [9.17, 15) is 9.18 Å². The monoisotopic (exact) mass is 405 g/mol. The summed E-state index contributed by atoms with van der Waals surface area (Å²) in [6.45, 7) is 11.6. The predicted octanol–water partition coefficient (Wildman–Crippen LogP) is 2.04. The molecule has 8 heteroatoms. The molecule has 4 rings (SSSR count). The molecule has 0 saturated carbocycles. The number of rotatable bonds is 6. The highest BCUT2D eigenvalue weighted by Gasteiger charge is 2.47. The molecule has 4 heterocycles. The lowest BCUT2D eigenvalue weighted by Gasteiger charge is -2.38. The van der Waals surface area contributed by atoms with Crippen molar-refractivity contribution in [2.24, 2.45) is 0 Å². The van der Waals surface area contributed by atoms with Crippen LogP contribution in [0.3, 0.4) is 0 Å². The molecule has 1 aromatic rings. The quantitative estimate of drug-likeness (QED) is 0.722. The van der Waals surface area contributed by atoms with Crippen molar-refractivity contribution < 1.29 is 13.9 Å². The lowest BCUT2D eigenvalue weighted by Crippen LogP contribution is -2.48. The third kappa shape index (κ3) is 4.64. The Hall–Kier alpha value is -1.93. The Labute approximate surface area is 172 Å². The first-order chi connectivity index (χ1) is 14.1. The Morgan fingerprint density at radius 2 is 1.83 bits per heavy atom. The number of piperazine rings is 1. The van der Waals surface area contributed by atoms with E-state index in [2.05, 4.69) is 21.7 Å². The normalized spacial score (nSPS) is 23.0. The summed E-state index contributed by atoms with van der Waals surface area (Å²) in [5.41, 5.74) is -0.425. The van der Waals surface area contributed by atoms with E-state index in [0.29, 0.717) is 38.3 Å². The maximum absolute atomic E-state index is 14.0. The van der Waals surface area contributed by atoms with Crippen LogP contribution in [0.15, 0.2) is 18.3 Å². The van der Waals surface area contributed by atoms with Crippen LogP contribution in [0, 0.1) is 5.82 Å². The highest BCUT2D eigenvalue weighted by atomic mass is 19.1. The number of piperidine rings is 1. The highest BCUT2D eigenvalue weighted by Crippen LogP contribution is 2.34. The Kier molecular flexibility index (Phi) is 6.20. The maximum Gasteiger partial charge on any atom is 0.410 e. The molecule has 0 aliphatic carbocycles. The second kappa shape index (κ2) is 8.83. The molecule has 160 valence electrons. The van der Waals surface area contributed by atoms with Crippen LogP contribution in [-0.4, -0.2) is 96.8 Å². The zero-order valence-electron chi connectivity index (χ0n) is 17.4. The van der Waals surface area contributed by atoms with Crippen LogP contribution in [-0.2, 0) is 4.74 Å². The number of likely N-dealkylation sites (N-methyl/N-ethyl adjacent to an activating group) is 1. The molecule has 0 atom stereocenters. The summed E-state index contributed by atoms with van der Waals surface area (Å²) in [4.78, 5) is 25.4.